The third kappa shape index (κ3) is 4.19. The van der Waals surface area contributed by atoms with Crippen LogP contribution in [0.15, 0.2) is 24.3 Å². The number of hydrogen-bond acceptors (Lipinski definition) is 3. The molecule has 0 spiro atoms. The number of rotatable bonds is 5. The molecule has 1 saturated heterocycles. The van der Waals surface area contributed by atoms with Gasteiger partial charge in [-0.05, 0) is 59.2 Å². The highest BCUT2D eigenvalue weighted by Gasteiger charge is 2.38. The average molecular weight is 415 g/mol. The molecule has 0 saturated carbocycles. The van der Waals surface area contributed by atoms with Crippen LogP contribution in [-0.4, -0.2) is 35.3 Å². The maximum atomic E-state index is 12.1. The summed E-state index contributed by atoms with van der Waals surface area (Å²) in [5.74, 6) is -0.443. The summed E-state index contributed by atoms with van der Waals surface area (Å²) in [6, 6.07) is 6.23. The van der Waals surface area contributed by atoms with Gasteiger partial charge in [0.25, 0.3) is 5.91 Å². The van der Waals surface area contributed by atoms with Gasteiger partial charge in [-0.1, -0.05) is 13.8 Å². The fourth-order valence-electron chi connectivity index (χ4n) is 2.24. The normalized spacial score (nSPS) is 17.8. The van der Waals surface area contributed by atoms with Crippen LogP contribution in [0, 0.1) is 9.49 Å². The number of benzene rings is 1. The van der Waals surface area contributed by atoms with Crippen molar-refractivity contribution in [2.45, 2.75) is 26.3 Å². The van der Waals surface area contributed by atoms with Gasteiger partial charge in [0.1, 0.15) is 12.6 Å². The van der Waals surface area contributed by atoms with Gasteiger partial charge in [-0.15, -0.1) is 0 Å². The molecule has 2 rings (SSSR count). The van der Waals surface area contributed by atoms with E-state index in [1.807, 2.05) is 26.0 Å². The van der Waals surface area contributed by atoms with E-state index in [9.17, 15) is 14.4 Å². The maximum Gasteiger partial charge on any atom is 0.325 e. The Morgan fingerprint density at radius 1 is 1.32 bits per heavy atom. The molecule has 1 aliphatic rings. The number of carbonyl (C=O) groups excluding carboxylic acids is 3. The summed E-state index contributed by atoms with van der Waals surface area (Å²) >= 11 is 2.17. The van der Waals surface area contributed by atoms with E-state index >= 15 is 0 Å². The third-order valence-corrected chi connectivity index (χ3v) is 3.96. The molecule has 6 nitrogen and oxygen atoms in total. The number of anilines is 1. The Morgan fingerprint density at radius 2 is 1.95 bits per heavy atom. The largest absolute Gasteiger partial charge is 0.326 e. The quantitative estimate of drug-likeness (QED) is 0.572. The molecule has 0 aromatic heterocycles. The molecular weight excluding hydrogens is 397 g/mol. The van der Waals surface area contributed by atoms with Gasteiger partial charge in [-0.25, -0.2) is 4.79 Å². The number of imide groups is 1. The molecule has 7 heteroatoms. The van der Waals surface area contributed by atoms with Gasteiger partial charge in [0.15, 0.2) is 0 Å². The fraction of sp³-hybridized carbons (Fsp3) is 0.400. The van der Waals surface area contributed by atoms with Crippen LogP contribution >= 0.6 is 22.6 Å². The summed E-state index contributed by atoms with van der Waals surface area (Å²) in [6.07, 6.45) is 0.569. The smallest absolute Gasteiger partial charge is 0.325 e. The van der Waals surface area contributed by atoms with Crippen molar-refractivity contribution in [3.05, 3.63) is 27.8 Å². The van der Waals surface area contributed by atoms with Gasteiger partial charge >= 0.3 is 6.03 Å². The lowest BCUT2D eigenvalue weighted by molar-refractivity contribution is -0.131. The van der Waals surface area contributed by atoms with E-state index in [1.165, 1.54) is 0 Å². The Hall–Kier alpha value is -1.64. The van der Waals surface area contributed by atoms with E-state index in [0.29, 0.717) is 12.1 Å². The van der Waals surface area contributed by atoms with Crippen LogP contribution in [0.4, 0.5) is 10.5 Å². The second kappa shape index (κ2) is 7.08. The average Bonchev–Trinajstić information content (AvgIpc) is 2.68. The molecule has 2 N–H and O–H groups in total. The van der Waals surface area contributed by atoms with E-state index in [2.05, 4.69) is 33.2 Å². The molecule has 1 atom stereocenters. The minimum absolute atomic E-state index is 0.273. The molecule has 4 amide bonds. The van der Waals surface area contributed by atoms with Crippen LogP contribution < -0.4 is 10.6 Å². The minimum Gasteiger partial charge on any atom is -0.326 e. The summed E-state index contributed by atoms with van der Waals surface area (Å²) in [5, 5.41) is 5.29. The molecule has 1 heterocycles. The Labute approximate surface area is 142 Å². The van der Waals surface area contributed by atoms with Crippen LogP contribution in [0.1, 0.15) is 20.3 Å². The van der Waals surface area contributed by atoms with Crippen LogP contribution in [0.2, 0.25) is 0 Å². The van der Waals surface area contributed by atoms with E-state index in [4.69, 9.17) is 0 Å². The minimum atomic E-state index is -0.529. The molecule has 0 aliphatic carbocycles. The lowest BCUT2D eigenvalue weighted by Crippen LogP contribution is -2.38. The van der Waals surface area contributed by atoms with Gasteiger partial charge in [0, 0.05) is 9.26 Å². The van der Waals surface area contributed by atoms with E-state index < -0.39 is 18.0 Å². The van der Waals surface area contributed by atoms with Gasteiger partial charge < -0.3 is 10.6 Å². The van der Waals surface area contributed by atoms with Crippen molar-refractivity contribution in [1.82, 2.24) is 10.2 Å². The first-order valence-corrected chi connectivity index (χ1v) is 8.12. The van der Waals surface area contributed by atoms with Crippen LogP contribution in [0.3, 0.4) is 0 Å². The molecule has 1 aromatic rings. The second-order valence-corrected chi connectivity index (χ2v) is 6.86. The predicted molar refractivity (Wildman–Crippen MR) is 91.3 cm³/mol. The predicted octanol–water partition coefficient (Wildman–Crippen LogP) is 2.20. The van der Waals surface area contributed by atoms with Crippen LogP contribution in [-0.2, 0) is 9.59 Å². The fourth-order valence-corrected chi connectivity index (χ4v) is 2.59. The Balaban J connectivity index is 1.95. The van der Waals surface area contributed by atoms with Gasteiger partial charge in [0.2, 0.25) is 5.91 Å². The third-order valence-electron chi connectivity index (χ3n) is 3.24. The zero-order valence-electron chi connectivity index (χ0n) is 12.4. The molecule has 1 fully saturated rings. The Kier molecular flexibility index (Phi) is 5.38. The summed E-state index contributed by atoms with van der Waals surface area (Å²) in [7, 11) is 0. The van der Waals surface area contributed by atoms with Crippen molar-refractivity contribution in [3.63, 3.8) is 0 Å². The first-order chi connectivity index (χ1) is 10.4. The number of carbonyl (C=O) groups is 3. The monoisotopic (exact) mass is 415 g/mol. The number of nitrogens with zero attached hydrogens (tertiary/aromatic N) is 1. The standard InChI is InChI=1S/C15H18IN3O3/c1-9(2)7-12-14(21)19(15(22)18-12)8-13(20)17-11-5-3-10(16)4-6-11/h3-6,9,12H,7-8H2,1-2H3,(H,17,20)(H,18,22). The van der Waals surface area contributed by atoms with Crippen molar-refractivity contribution in [2.24, 2.45) is 5.92 Å². The summed E-state index contributed by atoms with van der Waals surface area (Å²) in [4.78, 5) is 36.9. The maximum absolute atomic E-state index is 12.1. The first kappa shape index (κ1) is 16.7. The highest BCUT2D eigenvalue weighted by molar-refractivity contribution is 14.1. The Bertz CT molecular complexity index is 586. The van der Waals surface area contributed by atoms with Crippen molar-refractivity contribution in [1.29, 1.82) is 0 Å². The highest BCUT2D eigenvalue weighted by atomic mass is 127. The van der Waals surface area contributed by atoms with Crippen LogP contribution in [0.25, 0.3) is 0 Å². The summed E-state index contributed by atoms with van der Waals surface area (Å²) in [5.41, 5.74) is 0.635. The van der Waals surface area contributed by atoms with Gasteiger partial charge in [0.05, 0.1) is 0 Å². The molecular formula is C15H18IN3O3. The molecule has 1 aromatic carbocycles. The van der Waals surface area contributed by atoms with E-state index in [-0.39, 0.29) is 18.4 Å². The second-order valence-electron chi connectivity index (χ2n) is 5.61. The molecule has 22 heavy (non-hydrogen) atoms. The molecule has 1 aliphatic heterocycles. The van der Waals surface area contributed by atoms with Crippen LogP contribution in [0.5, 0.6) is 0 Å². The van der Waals surface area contributed by atoms with Crippen molar-refractivity contribution in [2.75, 3.05) is 11.9 Å². The van der Waals surface area contributed by atoms with Crippen molar-refractivity contribution < 1.29 is 14.4 Å². The number of halogens is 1. The topological polar surface area (TPSA) is 78.5 Å². The first-order valence-electron chi connectivity index (χ1n) is 7.04. The highest BCUT2D eigenvalue weighted by Crippen LogP contribution is 2.15. The molecule has 0 bridgehead atoms. The SMILES string of the molecule is CC(C)CC1NC(=O)N(CC(=O)Nc2ccc(I)cc2)C1=O. The molecule has 1 unspecified atom stereocenters. The summed E-state index contributed by atoms with van der Waals surface area (Å²) in [6.45, 7) is 3.68. The Morgan fingerprint density at radius 3 is 2.55 bits per heavy atom. The number of amides is 4. The zero-order chi connectivity index (χ0) is 16.3. The zero-order valence-corrected chi connectivity index (χ0v) is 14.6. The molecule has 0 radical (unpaired) electrons. The number of hydrogen-bond donors (Lipinski definition) is 2. The van der Waals surface area contributed by atoms with E-state index in [0.717, 1.165) is 8.47 Å². The lowest BCUT2D eigenvalue weighted by atomic mass is 10.0. The van der Waals surface area contributed by atoms with Crippen molar-refractivity contribution >= 4 is 46.1 Å². The van der Waals surface area contributed by atoms with Gasteiger partial charge in [-0.2, -0.15) is 0 Å². The summed E-state index contributed by atoms with van der Waals surface area (Å²) < 4.78 is 1.06. The van der Waals surface area contributed by atoms with E-state index in [1.54, 1.807) is 12.1 Å². The van der Waals surface area contributed by atoms with Crippen molar-refractivity contribution in [3.8, 4) is 0 Å². The van der Waals surface area contributed by atoms with Gasteiger partial charge in [-0.3, -0.25) is 14.5 Å². The molecule has 118 valence electrons. The number of nitrogens with one attached hydrogen (secondary N) is 2. The number of urea groups is 1. The lowest BCUT2D eigenvalue weighted by Gasteiger charge is -2.13.